The molecule has 0 bridgehead atoms. The normalized spacial score (nSPS) is 18.1. The van der Waals surface area contributed by atoms with Crippen molar-refractivity contribution in [2.75, 3.05) is 19.3 Å². The predicted octanol–water partition coefficient (Wildman–Crippen LogP) is 0.941. The predicted molar refractivity (Wildman–Crippen MR) is 80.0 cm³/mol. The van der Waals surface area contributed by atoms with Gasteiger partial charge in [0.2, 0.25) is 10.0 Å². The smallest absolute Gasteiger partial charge is 0.268 e. The van der Waals surface area contributed by atoms with E-state index < -0.39 is 10.0 Å². The van der Waals surface area contributed by atoms with Gasteiger partial charge in [0.15, 0.2) is 0 Å². The van der Waals surface area contributed by atoms with E-state index in [2.05, 4.69) is 21.2 Å². The van der Waals surface area contributed by atoms with E-state index in [1.807, 2.05) is 13.2 Å². The molecule has 1 aromatic rings. The van der Waals surface area contributed by atoms with Gasteiger partial charge in [0.25, 0.3) is 5.91 Å². The average molecular weight is 364 g/mol. The summed E-state index contributed by atoms with van der Waals surface area (Å²) in [4.78, 5) is 12.1. The molecule has 1 saturated heterocycles. The summed E-state index contributed by atoms with van der Waals surface area (Å²) in [7, 11) is -1.31. The number of carbonyl (C=O) groups excluding carboxylic acids is 1. The summed E-state index contributed by atoms with van der Waals surface area (Å²) in [6.45, 7) is 0.918. The number of aromatic nitrogens is 1. The molecule has 2 heterocycles. The Labute approximate surface area is 127 Å². The Hall–Kier alpha value is -0.860. The van der Waals surface area contributed by atoms with Crippen molar-refractivity contribution in [3.63, 3.8) is 0 Å². The van der Waals surface area contributed by atoms with Gasteiger partial charge in [-0.3, -0.25) is 4.79 Å². The molecule has 0 aliphatic carbocycles. The Balaban J connectivity index is 1.93. The number of nitrogens with zero attached hydrogens (tertiary/aromatic N) is 2. The number of rotatable bonds is 3. The van der Waals surface area contributed by atoms with Gasteiger partial charge in [0, 0.05) is 36.8 Å². The summed E-state index contributed by atoms with van der Waals surface area (Å²) in [6.07, 6.45) is 4.32. The van der Waals surface area contributed by atoms with Gasteiger partial charge in [-0.15, -0.1) is 0 Å². The first-order valence-electron chi connectivity index (χ1n) is 6.35. The fourth-order valence-corrected chi connectivity index (χ4v) is 3.74. The zero-order valence-electron chi connectivity index (χ0n) is 11.5. The molecule has 20 heavy (non-hydrogen) atoms. The van der Waals surface area contributed by atoms with E-state index in [4.69, 9.17) is 0 Å². The Morgan fingerprint density at radius 1 is 1.40 bits per heavy atom. The Morgan fingerprint density at radius 2 is 2.00 bits per heavy atom. The molecule has 0 unspecified atom stereocenters. The lowest BCUT2D eigenvalue weighted by atomic mass is 10.1. The number of sulfonamides is 1. The monoisotopic (exact) mass is 363 g/mol. The highest BCUT2D eigenvalue weighted by molar-refractivity contribution is 9.10. The van der Waals surface area contributed by atoms with Gasteiger partial charge in [-0.2, -0.15) is 0 Å². The van der Waals surface area contributed by atoms with Gasteiger partial charge in [0.05, 0.1) is 6.26 Å². The molecule has 1 fully saturated rings. The number of aryl methyl sites for hydroxylation is 1. The molecular weight excluding hydrogens is 346 g/mol. The number of halogens is 1. The maximum atomic E-state index is 12.1. The van der Waals surface area contributed by atoms with Crippen molar-refractivity contribution in [1.82, 2.24) is 14.2 Å². The van der Waals surface area contributed by atoms with Crippen molar-refractivity contribution in [3.8, 4) is 0 Å². The van der Waals surface area contributed by atoms with Gasteiger partial charge < -0.3 is 9.88 Å². The highest BCUT2D eigenvalue weighted by atomic mass is 79.9. The molecule has 1 amide bonds. The summed E-state index contributed by atoms with van der Waals surface area (Å²) < 4.78 is 26.9. The molecule has 1 aliphatic heterocycles. The second-order valence-corrected chi connectivity index (χ2v) is 7.96. The van der Waals surface area contributed by atoms with Crippen molar-refractivity contribution >= 4 is 31.9 Å². The van der Waals surface area contributed by atoms with E-state index in [1.54, 1.807) is 10.6 Å². The number of amides is 1. The fraction of sp³-hybridized carbons (Fsp3) is 0.583. The quantitative estimate of drug-likeness (QED) is 0.868. The molecule has 1 N–H and O–H groups in total. The van der Waals surface area contributed by atoms with Crippen LogP contribution in [0.5, 0.6) is 0 Å². The van der Waals surface area contributed by atoms with Crippen LogP contribution in [0.3, 0.4) is 0 Å². The first-order valence-corrected chi connectivity index (χ1v) is 8.99. The lowest BCUT2D eigenvalue weighted by molar-refractivity contribution is 0.0915. The first kappa shape index (κ1) is 15.5. The van der Waals surface area contributed by atoms with Crippen LogP contribution in [-0.4, -0.2) is 48.6 Å². The number of piperidine rings is 1. The van der Waals surface area contributed by atoms with Crippen LogP contribution in [0.15, 0.2) is 16.7 Å². The van der Waals surface area contributed by atoms with Crippen LogP contribution < -0.4 is 5.32 Å². The van der Waals surface area contributed by atoms with Crippen LogP contribution in [-0.2, 0) is 17.1 Å². The third-order valence-electron chi connectivity index (χ3n) is 3.46. The molecule has 1 aliphatic rings. The molecule has 0 aromatic carbocycles. The summed E-state index contributed by atoms with van der Waals surface area (Å²) in [5.41, 5.74) is 0.586. The largest absolute Gasteiger partial charge is 0.348 e. The minimum atomic E-state index is -3.12. The zero-order chi connectivity index (χ0) is 14.9. The van der Waals surface area contributed by atoms with E-state index in [0.717, 1.165) is 4.47 Å². The molecule has 112 valence electrons. The molecule has 2 rings (SSSR count). The van der Waals surface area contributed by atoms with E-state index in [0.29, 0.717) is 31.6 Å². The lowest BCUT2D eigenvalue weighted by Crippen LogP contribution is -2.46. The van der Waals surface area contributed by atoms with Gasteiger partial charge in [-0.25, -0.2) is 12.7 Å². The van der Waals surface area contributed by atoms with Gasteiger partial charge in [-0.05, 0) is 34.8 Å². The third kappa shape index (κ3) is 3.62. The van der Waals surface area contributed by atoms with E-state index >= 15 is 0 Å². The van der Waals surface area contributed by atoms with Crippen LogP contribution in [0, 0.1) is 0 Å². The first-order chi connectivity index (χ1) is 9.27. The minimum absolute atomic E-state index is 0.0224. The van der Waals surface area contributed by atoms with Gasteiger partial charge in [-0.1, -0.05) is 0 Å². The third-order valence-corrected chi connectivity index (χ3v) is 5.20. The van der Waals surface area contributed by atoms with Gasteiger partial charge >= 0.3 is 0 Å². The van der Waals surface area contributed by atoms with Crippen LogP contribution >= 0.6 is 15.9 Å². The van der Waals surface area contributed by atoms with Crippen LogP contribution in [0.1, 0.15) is 23.3 Å². The number of carbonyl (C=O) groups is 1. The molecular formula is C12H18BrN3O3S. The zero-order valence-corrected chi connectivity index (χ0v) is 13.9. The highest BCUT2D eigenvalue weighted by Crippen LogP contribution is 2.16. The molecule has 6 nitrogen and oxygen atoms in total. The summed E-state index contributed by atoms with van der Waals surface area (Å²) in [6, 6.07) is 1.79. The fourth-order valence-electron chi connectivity index (χ4n) is 2.34. The van der Waals surface area contributed by atoms with Crippen molar-refractivity contribution in [2.45, 2.75) is 18.9 Å². The Morgan fingerprint density at radius 3 is 2.45 bits per heavy atom. The van der Waals surface area contributed by atoms with Gasteiger partial charge in [0.1, 0.15) is 5.69 Å². The topological polar surface area (TPSA) is 71.4 Å². The second kappa shape index (κ2) is 5.87. The van der Waals surface area contributed by atoms with Crippen LogP contribution in [0.2, 0.25) is 0 Å². The standard InChI is InChI=1S/C12H18BrN3O3S/c1-15-8-9(13)7-11(15)12(17)14-10-3-5-16(6-4-10)20(2,18)19/h7-8,10H,3-6H2,1-2H3,(H,14,17). The van der Waals surface area contributed by atoms with Crippen LogP contribution in [0.4, 0.5) is 0 Å². The Bertz CT molecular complexity index is 603. The maximum Gasteiger partial charge on any atom is 0.268 e. The number of hydrogen-bond donors (Lipinski definition) is 1. The SMILES string of the molecule is Cn1cc(Br)cc1C(=O)NC1CCN(S(C)(=O)=O)CC1. The molecule has 0 spiro atoms. The van der Waals surface area contributed by atoms with E-state index in [-0.39, 0.29) is 11.9 Å². The Kier molecular flexibility index (Phi) is 4.55. The van der Waals surface area contributed by atoms with Crippen molar-refractivity contribution < 1.29 is 13.2 Å². The van der Waals surface area contributed by atoms with Crippen molar-refractivity contribution in [1.29, 1.82) is 0 Å². The molecule has 0 atom stereocenters. The maximum absolute atomic E-state index is 12.1. The summed E-state index contributed by atoms with van der Waals surface area (Å²) in [5, 5.41) is 2.96. The number of hydrogen-bond acceptors (Lipinski definition) is 3. The minimum Gasteiger partial charge on any atom is -0.348 e. The highest BCUT2D eigenvalue weighted by Gasteiger charge is 2.26. The second-order valence-electron chi connectivity index (χ2n) is 5.06. The molecule has 1 aromatic heterocycles. The summed E-state index contributed by atoms with van der Waals surface area (Å²) >= 11 is 3.33. The molecule has 0 saturated carbocycles. The lowest BCUT2D eigenvalue weighted by Gasteiger charge is -2.30. The van der Waals surface area contributed by atoms with E-state index in [9.17, 15) is 13.2 Å². The van der Waals surface area contributed by atoms with Crippen molar-refractivity contribution in [3.05, 3.63) is 22.4 Å². The molecule has 0 radical (unpaired) electrons. The van der Waals surface area contributed by atoms with Crippen LogP contribution in [0.25, 0.3) is 0 Å². The van der Waals surface area contributed by atoms with Crippen molar-refractivity contribution in [2.24, 2.45) is 7.05 Å². The average Bonchev–Trinajstić information content (AvgIpc) is 2.68. The number of nitrogens with one attached hydrogen (secondary N) is 1. The molecule has 8 heteroatoms. The summed E-state index contributed by atoms with van der Waals surface area (Å²) in [5.74, 6) is -0.129. The van der Waals surface area contributed by atoms with E-state index in [1.165, 1.54) is 10.6 Å².